The number of halogens is 2. The quantitative estimate of drug-likeness (QED) is 0.166. The number of nitriles is 1. The van der Waals surface area contributed by atoms with E-state index < -0.39 is 11.9 Å². The number of carbonyl (C=O) groups is 2. The maximum absolute atomic E-state index is 12.6. The molecule has 0 aromatic heterocycles. The molecular weight excluding hydrogens is 658 g/mol. The van der Waals surface area contributed by atoms with Gasteiger partial charge in [-0.2, -0.15) is 5.26 Å². The molecule has 0 spiro atoms. The van der Waals surface area contributed by atoms with Crippen LogP contribution in [0, 0.1) is 18.5 Å². The van der Waals surface area contributed by atoms with Crippen LogP contribution in [0.15, 0.2) is 66.2 Å². The number of hydrogen-bond acceptors (Lipinski definition) is 4. The van der Waals surface area contributed by atoms with Crippen LogP contribution in [0.1, 0.15) is 34.0 Å². The maximum atomic E-state index is 12.6. The Morgan fingerprint density at radius 1 is 1.03 bits per heavy atom. The number of ether oxygens (including phenoxy) is 1. The number of amides is 1. The lowest BCUT2D eigenvalue weighted by molar-refractivity contribution is -0.112. The Morgan fingerprint density at radius 2 is 1.62 bits per heavy atom. The number of carbonyl (C=O) groups excluding carboxylic acids is 1. The van der Waals surface area contributed by atoms with Crippen molar-refractivity contribution in [3.8, 4) is 11.8 Å². The van der Waals surface area contributed by atoms with Crippen molar-refractivity contribution in [3.05, 3.63) is 95.6 Å². The molecule has 0 atom stereocenters. The van der Waals surface area contributed by atoms with Crippen molar-refractivity contribution < 1.29 is 19.4 Å². The first-order valence-electron chi connectivity index (χ1n) is 10.3. The van der Waals surface area contributed by atoms with E-state index in [1.165, 1.54) is 12.1 Å². The number of benzene rings is 3. The van der Waals surface area contributed by atoms with Gasteiger partial charge in [-0.25, -0.2) is 4.79 Å². The van der Waals surface area contributed by atoms with Crippen molar-refractivity contribution in [3.63, 3.8) is 0 Å². The maximum Gasteiger partial charge on any atom is 0.335 e. The van der Waals surface area contributed by atoms with Gasteiger partial charge in [0.15, 0.2) is 0 Å². The molecule has 34 heavy (non-hydrogen) atoms. The Morgan fingerprint density at radius 3 is 2.15 bits per heavy atom. The predicted molar refractivity (Wildman–Crippen MR) is 148 cm³/mol. The minimum Gasteiger partial charge on any atom is -0.487 e. The topological polar surface area (TPSA) is 99.4 Å². The second-order valence-electron chi connectivity index (χ2n) is 7.28. The molecule has 0 saturated heterocycles. The van der Waals surface area contributed by atoms with E-state index in [4.69, 9.17) is 9.84 Å². The molecule has 172 valence electrons. The van der Waals surface area contributed by atoms with E-state index in [0.717, 1.165) is 24.7 Å². The Hall–Kier alpha value is -2.91. The Balaban J connectivity index is 1.73. The molecule has 0 aliphatic heterocycles. The van der Waals surface area contributed by atoms with Crippen LogP contribution in [-0.4, -0.2) is 17.0 Å². The zero-order chi connectivity index (χ0) is 24.7. The summed E-state index contributed by atoms with van der Waals surface area (Å²) in [6.07, 6.45) is 2.46. The van der Waals surface area contributed by atoms with Gasteiger partial charge in [-0.05, 0) is 111 Å². The number of carboxylic acids is 1. The lowest BCUT2D eigenvalue weighted by Gasteiger charge is -2.12. The highest BCUT2D eigenvalue weighted by Gasteiger charge is 2.13. The van der Waals surface area contributed by atoms with Crippen molar-refractivity contribution in [2.75, 3.05) is 5.32 Å². The molecule has 0 heterocycles. The second kappa shape index (κ2) is 12.0. The van der Waals surface area contributed by atoms with Crippen LogP contribution in [0.2, 0.25) is 0 Å². The van der Waals surface area contributed by atoms with Crippen molar-refractivity contribution in [2.24, 2.45) is 0 Å². The van der Waals surface area contributed by atoms with E-state index >= 15 is 0 Å². The summed E-state index contributed by atoms with van der Waals surface area (Å²) >= 11 is 4.30. The molecule has 0 fully saturated rings. The van der Waals surface area contributed by atoms with Crippen LogP contribution in [0.25, 0.3) is 6.08 Å². The van der Waals surface area contributed by atoms with E-state index in [9.17, 15) is 14.9 Å². The van der Waals surface area contributed by atoms with Gasteiger partial charge >= 0.3 is 5.97 Å². The molecule has 2 N–H and O–H groups in total. The molecular formula is C26H20I2N2O4. The molecule has 0 radical (unpaired) electrons. The zero-order valence-corrected chi connectivity index (χ0v) is 22.5. The average molecular weight is 678 g/mol. The molecule has 0 aliphatic rings. The molecule has 0 bridgehead atoms. The lowest BCUT2D eigenvalue weighted by atomic mass is 10.1. The minimum atomic E-state index is -0.972. The number of rotatable bonds is 8. The van der Waals surface area contributed by atoms with E-state index in [0.29, 0.717) is 17.0 Å². The van der Waals surface area contributed by atoms with Gasteiger partial charge in [-0.3, -0.25) is 4.79 Å². The first-order valence-corrected chi connectivity index (χ1v) is 12.4. The smallest absolute Gasteiger partial charge is 0.335 e. The molecule has 0 saturated carbocycles. The van der Waals surface area contributed by atoms with Gasteiger partial charge in [0.05, 0.1) is 12.7 Å². The normalized spacial score (nSPS) is 10.9. The van der Waals surface area contributed by atoms with Crippen LogP contribution in [-0.2, 0) is 17.8 Å². The fourth-order valence-electron chi connectivity index (χ4n) is 3.04. The standard InChI is InChI=1S/C26H20I2N2O4/c1-2-16-5-9-21(10-6-16)30-25(31)20(14-29)11-18-12-22(27)24(23(28)13-18)34-15-17-3-7-19(8-4-17)26(32)33/h3-13H,2,15H2,1H3,(H,30,31)(H,32,33)/b20-11+. The monoisotopic (exact) mass is 678 g/mol. The van der Waals surface area contributed by atoms with Gasteiger partial charge in [-0.15, -0.1) is 0 Å². The Kier molecular flexibility index (Phi) is 9.06. The summed E-state index contributed by atoms with van der Waals surface area (Å²) in [5.41, 5.74) is 3.57. The summed E-state index contributed by atoms with van der Waals surface area (Å²) in [5, 5.41) is 21.3. The number of nitrogens with one attached hydrogen (secondary N) is 1. The van der Waals surface area contributed by atoms with Crippen molar-refractivity contribution in [1.29, 1.82) is 5.26 Å². The van der Waals surface area contributed by atoms with Gasteiger partial charge in [0.2, 0.25) is 0 Å². The van der Waals surface area contributed by atoms with Crippen LogP contribution in [0.4, 0.5) is 5.69 Å². The third kappa shape index (κ3) is 6.80. The molecule has 1 amide bonds. The van der Waals surface area contributed by atoms with Gasteiger partial charge < -0.3 is 15.2 Å². The first kappa shape index (κ1) is 25.7. The number of carboxylic acid groups (broad SMARTS) is 1. The Labute approximate surface area is 224 Å². The van der Waals surface area contributed by atoms with Crippen LogP contribution in [0.5, 0.6) is 5.75 Å². The molecule has 3 rings (SSSR count). The lowest BCUT2D eigenvalue weighted by Crippen LogP contribution is -2.13. The van der Waals surface area contributed by atoms with Crippen molar-refractivity contribution in [2.45, 2.75) is 20.0 Å². The molecule has 6 nitrogen and oxygen atoms in total. The average Bonchev–Trinajstić information content (AvgIpc) is 2.82. The number of aromatic carboxylic acids is 1. The van der Waals surface area contributed by atoms with Gasteiger partial charge in [0.25, 0.3) is 5.91 Å². The summed E-state index contributed by atoms with van der Waals surface area (Å²) < 4.78 is 7.61. The minimum absolute atomic E-state index is 0.00152. The zero-order valence-electron chi connectivity index (χ0n) is 18.1. The van der Waals surface area contributed by atoms with E-state index in [1.807, 2.05) is 42.5 Å². The Bertz CT molecular complexity index is 1250. The van der Waals surface area contributed by atoms with Gasteiger partial charge in [0, 0.05) is 5.69 Å². The second-order valence-corrected chi connectivity index (χ2v) is 9.60. The highest BCUT2D eigenvalue weighted by molar-refractivity contribution is 14.1. The number of hydrogen-bond donors (Lipinski definition) is 2. The van der Waals surface area contributed by atoms with Gasteiger partial charge in [0.1, 0.15) is 24.0 Å². The number of anilines is 1. The van der Waals surface area contributed by atoms with E-state index in [2.05, 4.69) is 57.4 Å². The number of nitrogens with zero attached hydrogens (tertiary/aromatic N) is 1. The van der Waals surface area contributed by atoms with Crippen molar-refractivity contribution in [1.82, 2.24) is 0 Å². The van der Waals surface area contributed by atoms with Crippen LogP contribution < -0.4 is 10.1 Å². The molecule has 3 aromatic carbocycles. The SMILES string of the molecule is CCc1ccc(NC(=O)/C(C#N)=C/c2cc(I)c(OCc3ccc(C(=O)O)cc3)c(I)c2)cc1. The first-order chi connectivity index (χ1) is 16.3. The third-order valence-corrected chi connectivity index (χ3v) is 6.50. The highest BCUT2D eigenvalue weighted by Crippen LogP contribution is 2.30. The largest absolute Gasteiger partial charge is 0.487 e. The van der Waals surface area contributed by atoms with E-state index in [-0.39, 0.29) is 17.7 Å². The van der Waals surface area contributed by atoms with Crippen LogP contribution >= 0.6 is 45.2 Å². The molecule has 0 unspecified atom stereocenters. The molecule has 8 heteroatoms. The molecule has 0 aliphatic carbocycles. The molecule has 3 aromatic rings. The van der Waals surface area contributed by atoms with Crippen LogP contribution in [0.3, 0.4) is 0 Å². The predicted octanol–water partition coefficient (Wildman–Crippen LogP) is 6.28. The number of aryl methyl sites for hydroxylation is 1. The summed E-state index contributed by atoms with van der Waals surface area (Å²) in [5.74, 6) is -0.762. The van der Waals surface area contributed by atoms with Crippen molar-refractivity contribution >= 4 is 68.8 Å². The van der Waals surface area contributed by atoms with Gasteiger partial charge in [-0.1, -0.05) is 31.2 Å². The van der Waals surface area contributed by atoms with E-state index in [1.54, 1.807) is 18.2 Å². The summed E-state index contributed by atoms with van der Waals surface area (Å²) in [6, 6.07) is 19.7. The fraction of sp³-hybridized carbons (Fsp3) is 0.115. The summed E-state index contributed by atoms with van der Waals surface area (Å²) in [7, 11) is 0. The fourth-order valence-corrected chi connectivity index (χ4v) is 5.16. The third-order valence-electron chi connectivity index (χ3n) is 4.90. The summed E-state index contributed by atoms with van der Waals surface area (Å²) in [6.45, 7) is 2.34. The summed E-state index contributed by atoms with van der Waals surface area (Å²) in [4.78, 5) is 23.6. The highest BCUT2D eigenvalue weighted by atomic mass is 127.